The Kier molecular flexibility index (Phi) is 7.77. The Bertz CT molecular complexity index is 866. The van der Waals surface area contributed by atoms with Crippen LogP contribution >= 0.6 is 0 Å². The van der Waals surface area contributed by atoms with Crippen molar-refractivity contribution >= 4 is 15.7 Å². The van der Waals surface area contributed by atoms with Crippen LogP contribution in [0.1, 0.15) is 30.4 Å². The highest BCUT2D eigenvalue weighted by molar-refractivity contribution is 7.92. The van der Waals surface area contributed by atoms with Gasteiger partial charge in [0.15, 0.2) is 9.84 Å². The zero-order chi connectivity index (χ0) is 20.5. The van der Waals surface area contributed by atoms with Crippen LogP contribution in [0.15, 0.2) is 54.9 Å². The highest BCUT2D eigenvalue weighted by atomic mass is 32.2. The number of aromatic nitrogens is 1. The number of hydrogen-bond acceptors (Lipinski definition) is 5. The molecule has 1 aliphatic heterocycles. The van der Waals surface area contributed by atoms with Crippen LogP contribution in [0.3, 0.4) is 0 Å². The SMILES string of the molecule is O=C(CS(=O)(=O)CCCc1ccccc1)N(Cc1cccnc1)CC1CCCO1. The third-order valence-corrected chi connectivity index (χ3v) is 6.60. The van der Waals surface area contributed by atoms with Crippen LogP contribution in [0.5, 0.6) is 0 Å². The summed E-state index contributed by atoms with van der Waals surface area (Å²) >= 11 is 0. The minimum atomic E-state index is -3.47. The van der Waals surface area contributed by atoms with Crippen LogP contribution in [0.2, 0.25) is 0 Å². The van der Waals surface area contributed by atoms with Gasteiger partial charge in [-0.1, -0.05) is 36.4 Å². The van der Waals surface area contributed by atoms with Crippen LogP contribution < -0.4 is 0 Å². The van der Waals surface area contributed by atoms with Gasteiger partial charge in [-0.3, -0.25) is 9.78 Å². The van der Waals surface area contributed by atoms with Crippen molar-refractivity contribution in [1.82, 2.24) is 9.88 Å². The highest BCUT2D eigenvalue weighted by Crippen LogP contribution is 2.16. The monoisotopic (exact) mass is 416 g/mol. The molecule has 0 N–H and O–H groups in total. The number of ether oxygens (including phenoxy) is 1. The fourth-order valence-electron chi connectivity index (χ4n) is 3.49. The van der Waals surface area contributed by atoms with E-state index < -0.39 is 15.6 Å². The standard InChI is InChI=1S/C22H28N2O4S/c25-22(18-29(26,27)14-6-10-19-7-2-1-3-8-19)24(17-21-11-5-13-28-21)16-20-9-4-12-23-15-20/h1-4,7-9,12,15,21H,5-6,10-11,13-14,16-18H2. The minimum absolute atomic E-state index is 0.00823. The molecule has 1 aromatic carbocycles. The van der Waals surface area contributed by atoms with E-state index in [9.17, 15) is 13.2 Å². The van der Waals surface area contributed by atoms with Gasteiger partial charge in [0.05, 0.1) is 11.9 Å². The van der Waals surface area contributed by atoms with Gasteiger partial charge in [0.1, 0.15) is 5.75 Å². The lowest BCUT2D eigenvalue weighted by atomic mass is 10.1. The van der Waals surface area contributed by atoms with Gasteiger partial charge < -0.3 is 9.64 Å². The minimum Gasteiger partial charge on any atom is -0.376 e. The summed E-state index contributed by atoms with van der Waals surface area (Å²) < 4.78 is 30.7. The second-order valence-corrected chi connectivity index (χ2v) is 9.64. The van der Waals surface area contributed by atoms with E-state index in [1.54, 1.807) is 17.3 Å². The quantitative estimate of drug-likeness (QED) is 0.595. The molecule has 0 radical (unpaired) electrons. The molecule has 156 valence electrons. The smallest absolute Gasteiger partial charge is 0.238 e. The van der Waals surface area contributed by atoms with E-state index in [4.69, 9.17) is 4.74 Å². The van der Waals surface area contributed by atoms with Crippen molar-refractivity contribution in [3.63, 3.8) is 0 Å². The van der Waals surface area contributed by atoms with E-state index in [0.717, 1.165) is 24.0 Å². The maximum Gasteiger partial charge on any atom is 0.238 e. The third-order valence-electron chi connectivity index (χ3n) is 5.00. The molecule has 29 heavy (non-hydrogen) atoms. The largest absolute Gasteiger partial charge is 0.376 e. The first-order chi connectivity index (χ1) is 14.0. The lowest BCUT2D eigenvalue weighted by Crippen LogP contribution is -2.40. The average Bonchev–Trinajstić information content (AvgIpc) is 3.22. The predicted molar refractivity (Wildman–Crippen MR) is 112 cm³/mol. The van der Waals surface area contributed by atoms with Crippen LogP contribution in [0.25, 0.3) is 0 Å². The summed E-state index contributed by atoms with van der Waals surface area (Å²) in [5.41, 5.74) is 1.98. The number of carbonyl (C=O) groups excluding carboxylic acids is 1. The maximum absolute atomic E-state index is 12.9. The van der Waals surface area contributed by atoms with Crippen molar-refractivity contribution in [3.05, 3.63) is 66.0 Å². The average molecular weight is 417 g/mol. The molecule has 0 saturated carbocycles. The molecule has 1 aromatic heterocycles. The van der Waals surface area contributed by atoms with Crippen molar-refractivity contribution in [2.45, 2.75) is 38.3 Å². The van der Waals surface area contributed by atoms with Gasteiger partial charge in [-0.2, -0.15) is 0 Å². The van der Waals surface area contributed by atoms with Gasteiger partial charge in [0, 0.05) is 32.1 Å². The van der Waals surface area contributed by atoms with Crippen molar-refractivity contribution < 1.29 is 17.9 Å². The van der Waals surface area contributed by atoms with E-state index in [1.807, 2.05) is 42.5 Å². The first kappa shape index (κ1) is 21.5. The topological polar surface area (TPSA) is 76.6 Å². The Morgan fingerprint density at radius 2 is 1.93 bits per heavy atom. The molecular formula is C22H28N2O4S. The van der Waals surface area contributed by atoms with E-state index in [1.165, 1.54) is 0 Å². The molecule has 2 heterocycles. The number of nitrogens with zero attached hydrogens (tertiary/aromatic N) is 2. The summed E-state index contributed by atoms with van der Waals surface area (Å²) in [5.74, 6) is -0.827. The fourth-order valence-corrected chi connectivity index (χ4v) is 4.78. The number of sulfone groups is 1. The number of aryl methyl sites for hydroxylation is 1. The third kappa shape index (κ3) is 7.25. The van der Waals surface area contributed by atoms with Crippen LogP contribution in [0, 0.1) is 0 Å². The van der Waals surface area contributed by atoms with Crippen molar-refractivity contribution in [2.24, 2.45) is 0 Å². The van der Waals surface area contributed by atoms with Crippen LogP contribution in [0.4, 0.5) is 0 Å². The molecule has 1 aliphatic rings. The van der Waals surface area contributed by atoms with Crippen molar-refractivity contribution in [3.8, 4) is 0 Å². The number of benzene rings is 1. The summed E-state index contributed by atoms with van der Waals surface area (Å²) in [6, 6.07) is 13.5. The Balaban J connectivity index is 1.58. The van der Waals surface area contributed by atoms with Gasteiger partial charge in [-0.05, 0) is 42.9 Å². The normalized spacial score (nSPS) is 16.6. The molecular weight excluding hydrogens is 388 g/mol. The second-order valence-electron chi connectivity index (χ2n) is 7.45. The predicted octanol–water partition coefficient (Wildman–Crippen LogP) is 2.64. The molecule has 1 saturated heterocycles. The van der Waals surface area contributed by atoms with E-state index >= 15 is 0 Å². The number of carbonyl (C=O) groups is 1. The van der Waals surface area contributed by atoms with Crippen molar-refractivity contribution in [1.29, 1.82) is 0 Å². The second kappa shape index (κ2) is 10.5. The van der Waals surface area contributed by atoms with E-state index in [-0.39, 0.29) is 17.8 Å². The molecule has 0 aliphatic carbocycles. The van der Waals surface area contributed by atoms with Gasteiger partial charge in [-0.25, -0.2) is 8.42 Å². The lowest BCUT2D eigenvalue weighted by Gasteiger charge is -2.25. The Morgan fingerprint density at radius 3 is 2.62 bits per heavy atom. The zero-order valence-corrected chi connectivity index (χ0v) is 17.4. The fraction of sp³-hybridized carbons (Fsp3) is 0.455. The molecule has 1 fully saturated rings. The van der Waals surface area contributed by atoms with Gasteiger partial charge in [0.25, 0.3) is 0 Å². The van der Waals surface area contributed by atoms with Gasteiger partial charge in [0.2, 0.25) is 5.91 Å². The molecule has 0 bridgehead atoms. The molecule has 0 spiro atoms. The van der Waals surface area contributed by atoms with E-state index in [2.05, 4.69) is 4.98 Å². The van der Waals surface area contributed by atoms with E-state index in [0.29, 0.717) is 32.5 Å². The van der Waals surface area contributed by atoms with Crippen molar-refractivity contribution in [2.75, 3.05) is 24.7 Å². The number of pyridine rings is 1. The summed E-state index contributed by atoms with van der Waals surface area (Å²) in [6.07, 6.45) is 6.39. The Morgan fingerprint density at radius 1 is 1.14 bits per heavy atom. The number of rotatable bonds is 10. The molecule has 2 aromatic rings. The molecule has 1 amide bonds. The molecule has 1 unspecified atom stereocenters. The summed E-state index contributed by atoms with van der Waals surface area (Å²) in [4.78, 5) is 18.5. The first-order valence-corrected chi connectivity index (χ1v) is 11.9. The molecule has 1 atom stereocenters. The van der Waals surface area contributed by atoms with Gasteiger partial charge in [-0.15, -0.1) is 0 Å². The van der Waals surface area contributed by atoms with Crippen LogP contribution in [-0.2, 0) is 32.3 Å². The molecule has 7 heteroatoms. The lowest BCUT2D eigenvalue weighted by molar-refractivity contribution is -0.130. The zero-order valence-electron chi connectivity index (χ0n) is 16.6. The summed E-state index contributed by atoms with van der Waals surface area (Å²) in [6.45, 7) is 1.44. The van der Waals surface area contributed by atoms with Crippen LogP contribution in [-0.4, -0.2) is 55.0 Å². The Labute approximate surface area is 172 Å². The summed E-state index contributed by atoms with van der Waals surface area (Å²) in [7, 11) is -3.47. The highest BCUT2D eigenvalue weighted by Gasteiger charge is 2.26. The first-order valence-electron chi connectivity index (χ1n) is 10.0. The number of amides is 1. The summed E-state index contributed by atoms with van der Waals surface area (Å²) in [5, 5.41) is 0. The molecule has 6 nitrogen and oxygen atoms in total. The maximum atomic E-state index is 12.9. The Hall–Kier alpha value is -2.25. The molecule has 3 rings (SSSR count). The van der Waals surface area contributed by atoms with Gasteiger partial charge >= 0.3 is 0 Å². The number of hydrogen-bond donors (Lipinski definition) is 0.